The van der Waals surface area contributed by atoms with Gasteiger partial charge in [-0.1, -0.05) is 33.8 Å². The summed E-state index contributed by atoms with van der Waals surface area (Å²) in [6, 6.07) is 0. The molecule has 3 aliphatic carbocycles. The van der Waals surface area contributed by atoms with E-state index in [1.54, 1.807) is 11.0 Å². The molecule has 0 spiro atoms. The normalized spacial score (nSPS) is 42.0. The molecule has 1 saturated heterocycles. The van der Waals surface area contributed by atoms with Crippen LogP contribution in [0.3, 0.4) is 0 Å². The molecule has 4 aliphatic rings. The summed E-state index contributed by atoms with van der Waals surface area (Å²) in [5.74, 6) is -0.694. The van der Waals surface area contributed by atoms with Gasteiger partial charge in [0.2, 0.25) is 5.91 Å². The monoisotopic (exact) mass is 519 g/mol. The number of Topliss-reactive ketones (excluding diaryl/α,β-unsaturated/α-hetero) is 1. The van der Waals surface area contributed by atoms with Crippen molar-refractivity contribution in [2.45, 2.75) is 78.1 Å². The van der Waals surface area contributed by atoms with Gasteiger partial charge in [0.1, 0.15) is 18.0 Å². The molecule has 0 aromatic rings. The van der Waals surface area contributed by atoms with Crippen LogP contribution in [0.15, 0.2) is 12.7 Å². The number of ketones is 1. The van der Waals surface area contributed by atoms with Crippen LogP contribution in [-0.2, 0) is 19.1 Å². The van der Waals surface area contributed by atoms with E-state index in [9.17, 15) is 24.3 Å². The molecule has 4 rings (SSSR count). The van der Waals surface area contributed by atoms with Crippen molar-refractivity contribution in [1.29, 1.82) is 0 Å². The number of aliphatic hydroxyl groups is 1. The summed E-state index contributed by atoms with van der Waals surface area (Å²) in [7, 11) is 0. The Kier molecular flexibility index (Phi) is 7.22. The number of imide groups is 1. The Bertz CT molecular complexity index is 981. The molecule has 8 atom stereocenters. The van der Waals surface area contributed by atoms with Gasteiger partial charge in [0.25, 0.3) is 0 Å². The van der Waals surface area contributed by atoms with Gasteiger partial charge in [-0.25, -0.2) is 14.9 Å². The van der Waals surface area contributed by atoms with Crippen molar-refractivity contribution in [3.63, 3.8) is 0 Å². The fourth-order valence-corrected chi connectivity index (χ4v) is 7.87. The van der Waals surface area contributed by atoms with Gasteiger partial charge in [-0.15, -0.1) is 6.58 Å². The highest BCUT2D eigenvalue weighted by atomic mass is 16.6. The van der Waals surface area contributed by atoms with E-state index in [1.807, 2.05) is 20.8 Å². The van der Waals surface area contributed by atoms with Crippen LogP contribution in [0, 0.1) is 34.0 Å². The summed E-state index contributed by atoms with van der Waals surface area (Å²) in [4.78, 5) is 51.5. The second kappa shape index (κ2) is 9.69. The van der Waals surface area contributed by atoms with Crippen molar-refractivity contribution >= 4 is 23.9 Å². The van der Waals surface area contributed by atoms with Gasteiger partial charge in [0.15, 0.2) is 0 Å². The highest BCUT2D eigenvalue weighted by Crippen LogP contribution is 2.67. The lowest BCUT2D eigenvalue weighted by molar-refractivity contribution is -0.191. The molecular weight excluding hydrogens is 478 g/mol. The van der Waals surface area contributed by atoms with Crippen LogP contribution in [0.1, 0.15) is 59.8 Å². The first-order valence-electron chi connectivity index (χ1n) is 13.3. The summed E-state index contributed by atoms with van der Waals surface area (Å²) in [6.45, 7) is 12.9. The minimum absolute atomic E-state index is 0.0793. The topological polar surface area (TPSA) is 148 Å². The van der Waals surface area contributed by atoms with Crippen molar-refractivity contribution in [1.82, 2.24) is 10.2 Å². The number of nitrogens with two attached hydrogens (primary N) is 1. The van der Waals surface area contributed by atoms with Crippen molar-refractivity contribution in [3.05, 3.63) is 12.7 Å². The lowest BCUT2D eigenvalue weighted by Gasteiger charge is -2.61. The second-order valence-electron chi connectivity index (χ2n) is 12.3. The molecule has 2 bridgehead atoms. The van der Waals surface area contributed by atoms with Crippen LogP contribution in [0.2, 0.25) is 0 Å². The molecule has 10 nitrogen and oxygen atoms in total. The molecule has 206 valence electrons. The van der Waals surface area contributed by atoms with Crippen LogP contribution in [0.25, 0.3) is 0 Å². The summed E-state index contributed by atoms with van der Waals surface area (Å²) >= 11 is 0. The van der Waals surface area contributed by atoms with E-state index in [0.717, 1.165) is 12.8 Å². The molecule has 3 saturated carbocycles. The van der Waals surface area contributed by atoms with Crippen molar-refractivity contribution in [2.24, 2.45) is 39.7 Å². The number of primary amides is 1. The standard InChI is InChI=1S/C27H41N3O7/c1-6-25(4)11-19(37-24(35)29-23(34)36-17-12-30(13-17)14-20(28)32)26(5)15(2)7-9-27(16(3)22(25)33)10-8-18(31)21(26)27/h6,15-17,19,21-22,33H,1,7-14H2,2-5H3,(H2,28,32)(H,29,34,35)/t15-,16+,19-,21+,22+,25-,26+,27+/m1/s1. The zero-order chi connectivity index (χ0) is 27.3. The molecule has 37 heavy (non-hydrogen) atoms. The first-order valence-corrected chi connectivity index (χ1v) is 13.3. The van der Waals surface area contributed by atoms with E-state index < -0.39 is 47.2 Å². The van der Waals surface area contributed by atoms with Crippen molar-refractivity contribution in [3.8, 4) is 0 Å². The van der Waals surface area contributed by atoms with Crippen LogP contribution < -0.4 is 11.1 Å². The fraction of sp³-hybridized carbons (Fsp3) is 0.778. The third-order valence-electron chi connectivity index (χ3n) is 10.3. The molecular formula is C27H41N3O7. The number of carbonyl (C=O) groups excluding carboxylic acids is 4. The summed E-state index contributed by atoms with van der Waals surface area (Å²) in [6.07, 6.45) is 1.01. The molecule has 0 unspecified atom stereocenters. The Labute approximate surface area is 218 Å². The van der Waals surface area contributed by atoms with Gasteiger partial charge in [-0.05, 0) is 42.9 Å². The number of amides is 3. The van der Waals surface area contributed by atoms with Crippen molar-refractivity contribution < 1.29 is 33.8 Å². The smallest absolute Gasteiger partial charge is 0.416 e. The Morgan fingerprint density at radius 2 is 1.84 bits per heavy atom. The first-order chi connectivity index (χ1) is 17.3. The number of alkyl carbamates (subject to hydrolysis) is 2. The van der Waals surface area contributed by atoms with Gasteiger partial charge < -0.3 is 20.3 Å². The fourth-order valence-electron chi connectivity index (χ4n) is 7.87. The molecule has 1 heterocycles. The third kappa shape index (κ3) is 4.56. The molecule has 3 amide bonds. The van der Waals surface area contributed by atoms with Gasteiger partial charge in [0.05, 0.1) is 12.6 Å². The molecule has 4 N–H and O–H groups in total. The number of nitrogens with zero attached hydrogens (tertiary/aromatic N) is 1. The predicted molar refractivity (Wildman–Crippen MR) is 134 cm³/mol. The van der Waals surface area contributed by atoms with Gasteiger partial charge in [0, 0.05) is 36.3 Å². The average molecular weight is 520 g/mol. The van der Waals surface area contributed by atoms with Gasteiger partial charge in [-0.2, -0.15) is 0 Å². The summed E-state index contributed by atoms with van der Waals surface area (Å²) in [5.41, 5.74) is 3.35. The molecule has 4 fully saturated rings. The average Bonchev–Trinajstić information content (AvgIpc) is 3.16. The highest BCUT2D eigenvalue weighted by molar-refractivity contribution is 5.88. The van der Waals surface area contributed by atoms with Crippen LogP contribution in [0.4, 0.5) is 9.59 Å². The number of likely N-dealkylation sites (tertiary alicyclic amines) is 1. The molecule has 10 heteroatoms. The third-order valence-corrected chi connectivity index (χ3v) is 10.3. The van der Waals surface area contributed by atoms with Crippen LogP contribution in [0.5, 0.6) is 0 Å². The second-order valence-corrected chi connectivity index (χ2v) is 12.3. The number of rotatable bonds is 5. The number of nitrogens with one attached hydrogen (secondary N) is 1. The summed E-state index contributed by atoms with van der Waals surface area (Å²) < 4.78 is 11.2. The first kappa shape index (κ1) is 27.6. The Balaban J connectivity index is 1.54. The van der Waals surface area contributed by atoms with Crippen LogP contribution >= 0.6 is 0 Å². The zero-order valence-corrected chi connectivity index (χ0v) is 22.3. The molecule has 1 aliphatic heterocycles. The van der Waals surface area contributed by atoms with E-state index in [0.29, 0.717) is 25.9 Å². The van der Waals surface area contributed by atoms with E-state index in [2.05, 4.69) is 18.8 Å². The number of carbonyl (C=O) groups is 4. The molecule has 0 aromatic heterocycles. The highest BCUT2D eigenvalue weighted by Gasteiger charge is 2.68. The predicted octanol–water partition coefficient (Wildman–Crippen LogP) is 2.38. The Hall–Kier alpha value is -2.46. The maximum Gasteiger partial charge on any atom is 0.416 e. The van der Waals surface area contributed by atoms with Gasteiger partial charge in [-0.3, -0.25) is 14.5 Å². The minimum atomic E-state index is -0.951. The van der Waals surface area contributed by atoms with E-state index in [4.69, 9.17) is 15.2 Å². The lowest BCUT2D eigenvalue weighted by atomic mass is 9.44. The van der Waals surface area contributed by atoms with Crippen LogP contribution in [-0.4, -0.2) is 71.8 Å². The largest absolute Gasteiger partial charge is 0.445 e. The minimum Gasteiger partial charge on any atom is -0.445 e. The van der Waals surface area contributed by atoms with E-state index >= 15 is 0 Å². The number of ether oxygens (including phenoxy) is 2. The maximum absolute atomic E-state index is 13.4. The molecule has 0 aromatic carbocycles. The number of aliphatic hydroxyl groups excluding tert-OH is 1. The number of hydrogen-bond acceptors (Lipinski definition) is 8. The van der Waals surface area contributed by atoms with E-state index in [1.165, 1.54) is 0 Å². The van der Waals surface area contributed by atoms with Crippen molar-refractivity contribution in [2.75, 3.05) is 19.6 Å². The Morgan fingerprint density at radius 3 is 2.46 bits per heavy atom. The Morgan fingerprint density at radius 1 is 1.19 bits per heavy atom. The molecule has 0 radical (unpaired) electrons. The lowest BCUT2D eigenvalue weighted by Crippen LogP contribution is -2.63. The maximum atomic E-state index is 13.4. The van der Waals surface area contributed by atoms with E-state index in [-0.39, 0.29) is 41.9 Å². The summed E-state index contributed by atoms with van der Waals surface area (Å²) in [5, 5.41) is 13.7. The SMILES string of the molecule is C=C[C@]1(C)C[C@@H](OC(=O)NC(=O)OC2CN(CC(N)=O)C2)[C@]2(C)[C@H](C)CC[C@]3(CCC(=O)[C@H]32)[C@@H](C)[C@@H]1O. The van der Waals surface area contributed by atoms with Gasteiger partial charge >= 0.3 is 12.2 Å². The number of hydrogen-bond donors (Lipinski definition) is 3. The quantitative estimate of drug-likeness (QED) is 0.469. The zero-order valence-electron chi connectivity index (χ0n) is 22.3.